The van der Waals surface area contributed by atoms with Gasteiger partial charge in [-0.1, -0.05) is 49.4 Å². The third kappa shape index (κ3) is 3.83. The van der Waals surface area contributed by atoms with E-state index in [1.54, 1.807) is 6.07 Å². The number of halogens is 1. The van der Waals surface area contributed by atoms with Crippen LogP contribution in [0, 0.1) is 11.7 Å². The first-order chi connectivity index (χ1) is 14.1. The smallest absolute Gasteiger partial charge is 0.138 e. The Labute approximate surface area is 170 Å². The second kappa shape index (κ2) is 7.49. The Balaban J connectivity index is 1.38. The Kier molecular flexibility index (Phi) is 4.69. The van der Waals surface area contributed by atoms with Crippen molar-refractivity contribution in [2.75, 3.05) is 13.1 Å². The molecule has 0 amide bonds. The fraction of sp³-hybridized carbons (Fsp3) is 0.231. The van der Waals surface area contributed by atoms with Gasteiger partial charge in [-0.2, -0.15) is 0 Å². The van der Waals surface area contributed by atoms with Gasteiger partial charge in [-0.3, -0.25) is 4.90 Å². The lowest BCUT2D eigenvalue weighted by Gasteiger charge is -2.37. The van der Waals surface area contributed by atoms with E-state index in [1.807, 2.05) is 30.3 Å². The summed E-state index contributed by atoms with van der Waals surface area (Å²) in [5, 5.41) is 1.01. The van der Waals surface area contributed by atoms with Gasteiger partial charge in [0, 0.05) is 25.0 Å². The van der Waals surface area contributed by atoms with E-state index >= 15 is 0 Å². The molecule has 0 aliphatic carbocycles. The molecule has 2 nitrogen and oxygen atoms in total. The van der Waals surface area contributed by atoms with Crippen LogP contribution < -0.4 is 0 Å². The SMILES string of the molecule is CC1CN(Cc2ccc(-c3cc4cc(Cc5ccccc5)ccc4o3)c(F)c2)C1. The minimum atomic E-state index is -0.223. The summed E-state index contributed by atoms with van der Waals surface area (Å²) in [7, 11) is 0. The third-order valence-corrected chi connectivity index (χ3v) is 5.68. The number of fused-ring (bicyclic) bond motifs is 1. The summed E-state index contributed by atoms with van der Waals surface area (Å²) in [6.07, 6.45) is 0.871. The van der Waals surface area contributed by atoms with Crippen molar-refractivity contribution in [2.45, 2.75) is 19.9 Å². The Morgan fingerprint density at radius 3 is 2.45 bits per heavy atom. The quantitative estimate of drug-likeness (QED) is 0.402. The third-order valence-electron chi connectivity index (χ3n) is 5.68. The lowest BCUT2D eigenvalue weighted by Crippen LogP contribution is -2.44. The molecule has 0 radical (unpaired) electrons. The summed E-state index contributed by atoms with van der Waals surface area (Å²) in [4.78, 5) is 2.34. The fourth-order valence-corrected chi connectivity index (χ4v) is 4.24. The van der Waals surface area contributed by atoms with E-state index in [2.05, 4.69) is 48.2 Å². The first kappa shape index (κ1) is 18.1. The molecule has 5 rings (SSSR count). The maximum atomic E-state index is 14.8. The molecule has 0 bridgehead atoms. The number of benzene rings is 3. The molecule has 1 saturated heterocycles. The van der Waals surface area contributed by atoms with Gasteiger partial charge in [-0.05, 0) is 59.4 Å². The molecular weight excluding hydrogens is 361 g/mol. The number of hydrogen-bond acceptors (Lipinski definition) is 2. The highest BCUT2D eigenvalue weighted by molar-refractivity contribution is 5.83. The van der Waals surface area contributed by atoms with Crippen LogP contribution in [0.1, 0.15) is 23.6 Å². The second-order valence-corrected chi connectivity index (χ2v) is 8.26. The minimum Gasteiger partial charge on any atom is -0.456 e. The zero-order chi connectivity index (χ0) is 19.8. The molecule has 0 atom stereocenters. The molecule has 1 aromatic heterocycles. The van der Waals surface area contributed by atoms with Crippen LogP contribution in [0.5, 0.6) is 0 Å². The van der Waals surface area contributed by atoms with E-state index in [1.165, 1.54) is 11.1 Å². The van der Waals surface area contributed by atoms with Gasteiger partial charge in [0.1, 0.15) is 17.2 Å². The number of furan rings is 1. The molecule has 146 valence electrons. The normalized spacial score (nSPS) is 15.0. The lowest BCUT2D eigenvalue weighted by molar-refractivity contribution is 0.105. The predicted octanol–water partition coefficient (Wildman–Crippen LogP) is 6.28. The predicted molar refractivity (Wildman–Crippen MR) is 115 cm³/mol. The van der Waals surface area contributed by atoms with Crippen LogP contribution in [0.3, 0.4) is 0 Å². The molecule has 1 aliphatic heterocycles. The summed E-state index contributed by atoms with van der Waals surface area (Å²) in [6.45, 7) is 5.24. The highest BCUT2D eigenvalue weighted by atomic mass is 19.1. The largest absolute Gasteiger partial charge is 0.456 e. The molecule has 3 aromatic carbocycles. The highest BCUT2D eigenvalue weighted by Gasteiger charge is 2.22. The van der Waals surface area contributed by atoms with Gasteiger partial charge < -0.3 is 4.42 Å². The Bertz CT molecular complexity index is 1140. The zero-order valence-corrected chi connectivity index (χ0v) is 16.6. The van der Waals surface area contributed by atoms with E-state index in [9.17, 15) is 4.39 Å². The van der Waals surface area contributed by atoms with E-state index in [0.717, 1.165) is 48.5 Å². The summed E-state index contributed by atoms with van der Waals surface area (Å²) in [5.41, 5.74) is 4.81. The summed E-state index contributed by atoms with van der Waals surface area (Å²) < 4.78 is 20.8. The van der Waals surface area contributed by atoms with Gasteiger partial charge in [0.15, 0.2) is 0 Å². The molecule has 4 aromatic rings. The minimum absolute atomic E-state index is 0.223. The van der Waals surface area contributed by atoms with Crippen LogP contribution in [0.15, 0.2) is 77.2 Å². The molecule has 1 aliphatic rings. The van der Waals surface area contributed by atoms with E-state index in [0.29, 0.717) is 11.3 Å². The number of nitrogens with zero attached hydrogens (tertiary/aromatic N) is 1. The number of likely N-dealkylation sites (tertiary alicyclic amines) is 1. The average molecular weight is 385 g/mol. The van der Waals surface area contributed by atoms with E-state index < -0.39 is 0 Å². The van der Waals surface area contributed by atoms with Gasteiger partial charge >= 0.3 is 0 Å². The van der Waals surface area contributed by atoms with Crippen molar-refractivity contribution in [3.05, 3.63) is 95.3 Å². The summed E-state index contributed by atoms with van der Waals surface area (Å²) in [6, 6.07) is 24.0. The van der Waals surface area contributed by atoms with E-state index in [4.69, 9.17) is 4.42 Å². The van der Waals surface area contributed by atoms with Crippen molar-refractivity contribution in [1.82, 2.24) is 4.90 Å². The lowest BCUT2D eigenvalue weighted by atomic mass is 10.0. The average Bonchev–Trinajstić information content (AvgIpc) is 3.11. The molecular formula is C26H24FNO. The van der Waals surface area contributed by atoms with Crippen LogP contribution in [-0.4, -0.2) is 18.0 Å². The van der Waals surface area contributed by atoms with Crippen molar-refractivity contribution < 1.29 is 8.81 Å². The molecule has 29 heavy (non-hydrogen) atoms. The number of hydrogen-bond donors (Lipinski definition) is 0. The summed E-state index contributed by atoms with van der Waals surface area (Å²) in [5.74, 6) is 1.11. The zero-order valence-electron chi connectivity index (χ0n) is 16.6. The molecule has 2 heterocycles. The monoisotopic (exact) mass is 385 g/mol. The van der Waals surface area contributed by atoms with E-state index in [-0.39, 0.29) is 5.82 Å². The topological polar surface area (TPSA) is 16.4 Å². The number of rotatable bonds is 5. The van der Waals surface area contributed by atoms with Crippen molar-refractivity contribution in [3.8, 4) is 11.3 Å². The molecule has 1 fully saturated rings. The van der Waals surface area contributed by atoms with Gasteiger partial charge in [0.25, 0.3) is 0 Å². The molecule has 0 spiro atoms. The fourth-order valence-electron chi connectivity index (χ4n) is 4.24. The maximum absolute atomic E-state index is 14.8. The van der Waals surface area contributed by atoms with Crippen molar-refractivity contribution in [3.63, 3.8) is 0 Å². The second-order valence-electron chi connectivity index (χ2n) is 8.26. The van der Waals surface area contributed by atoms with Crippen molar-refractivity contribution in [1.29, 1.82) is 0 Å². The highest BCUT2D eigenvalue weighted by Crippen LogP contribution is 2.31. The van der Waals surface area contributed by atoms with Crippen molar-refractivity contribution in [2.24, 2.45) is 5.92 Å². The van der Waals surface area contributed by atoms with Crippen LogP contribution in [-0.2, 0) is 13.0 Å². The summed E-state index contributed by atoms with van der Waals surface area (Å²) >= 11 is 0. The van der Waals surface area contributed by atoms with Crippen LogP contribution >= 0.6 is 0 Å². The molecule has 3 heteroatoms. The van der Waals surface area contributed by atoms with Crippen molar-refractivity contribution >= 4 is 11.0 Å². The van der Waals surface area contributed by atoms with Crippen LogP contribution in [0.25, 0.3) is 22.3 Å². The Morgan fingerprint density at radius 1 is 0.897 bits per heavy atom. The van der Waals surface area contributed by atoms with Gasteiger partial charge in [-0.25, -0.2) is 4.39 Å². The molecule has 0 unspecified atom stereocenters. The molecule has 0 N–H and O–H groups in total. The van der Waals surface area contributed by atoms with Gasteiger partial charge in [-0.15, -0.1) is 0 Å². The Morgan fingerprint density at radius 2 is 1.69 bits per heavy atom. The molecule has 0 saturated carbocycles. The Hall–Kier alpha value is -2.91. The maximum Gasteiger partial charge on any atom is 0.138 e. The van der Waals surface area contributed by atoms with Gasteiger partial charge in [0.05, 0.1) is 5.56 Å². The standard InChI is InChI=1S/C26H24FNO/c1-18-15-28(16-18)17-21-7-9-23(24(27)13-21)26-14-22-12-20(8-10-25(22)29-26)11-19-5-3-2-4-6-19/h2-10,12-14,18H,11,15-17H2,1H3. The first-order valence-corrected chi connectivity index (χ1v) is 10.2. The van der Waals surface area contributed by atoms with Crippen LogP contribution in [0.2, 0.25) is 0 Å². The van der Waals surface area contributed by atoms with Crippen LogP contribution in [0.4, 0.5) is 4.39 Å². The first-order valence-electron chi connectivity index (χ1n) is 10.2. The van der Waals surface area contributed by atoms with Gasteiger partial charge in [0.2, 0.25) is 0 Å².